The highest BCUT2D eigenvalue weighted by molar-refractivity contribution is 5.73. The summed E-state index contributed by atoms with van der Waals surface area (Å²) in [6.07, 6.45) is 8.10. The quantitative estimate of drug-likeness (QED) is 0.691. The largest absolute Gasteiger partial charge is 0.490 e. The van der Waals surface area contributed by atoms with E-state index >= 15 is 0 Å². The number of halogens is 3. The molecule has 4 rings (SSSR count). The minimum Gasteiger partial charge on any atom is -0.475 e. The molecule has 1 heterocycles. The molecule has 0 bridgehead atoms. The molecule has 27 heavy (non-hydrogen) atoms. The van der Waals surface area contributed by atoms with E-state index in [4.69, 9.17) is 9.90 Å². The van der Waals surface area contributed by atoms with E-state index in [0.29, 0.717) is 0 Å². The lowest BCUT2D eigenvalue weighted by Crippen LogP contribution is -2.60. The molecule has 156 valence electrons. The molecular formula is C19H32F3N3O2. The lowest BCUT2D eigenvalue weighted by atomic mass is 9.53. The molecule has 3 aliphatic carbocycles. The molecule has 1 unspecified atom stereocenters. The Kier molecular flexibility index (Phi) is 6.69. The molecule has 3 saturated carbocycles. The van der Waals surface area contributed by atoms with E-state index in [0.717, 1.165) is 23.5 Å². The van der Waals surface area contributed by atoms with Crippen molar-refractivity contribution in [3.63, 3.8) is 0 Å². The van der Waals surface area contributed by atoms with Gasteiger partial charge in [-0.15, -0.1) is 0 Å². The number of aliphatic carboxylic acids is 1. The summed E-state index contributed by atoms with van der Waals surface area (Å²) in [5.74, 6) is -2.76. The molecular weight excluding hydrogens is 359 g/mol. The van der Waals surface area contributed by atoms with Crippen LogP contribution in [0.1, 0.15) is 57.8 Å². The van der Waals surface area contributed by atoms with Crippen molar-refractivity contribution in [2.45, 2.75) is 82.1 Å². The summed E-state index contributed by atoms with van der Waals surface area (Å²) in [6, 6.07) is 2.60. The number of hydrogen-bond acceptors (Lipinski definition) is 4. The van der Waals surface area contributed by atoms with E-state index in [9.17, 15) is 13.2 Å². The standard InChI is InChI=1S/C17H31N3.C2HF3O2/c1-7-17(8-1)9-6-16(17)19-14-2-4-15(5-3-14)20-12-10-18-11-13-20;3-2(4,5)1(6)7/h14-16,18-19H,1-13H2;(H,6,7). The Labute approximate surface area is 159 Å². The Balaban J connectivity index is 0.000000260. The molecule has 0 amide bonds. The number of carboxylic acids is 1. The van der Waals surface area contributed by atoms with Gasteiger partial charge in [-0.25, -0.2) is 4.79 Å². The van der Waals surface area contributed by atoms with Crippen molar-refractivity contribution in [1.82, 2.24) is 15.5 Å². The second-order valence-corrected chi connectivity index (χ2v) is 8.57. The highest BCUT2D eigenvalue weighted by atomic mass is 19.4. The van der Waals surface area contributed by atoms with Gasteiger partial charge in [0.15, 0.2) is 0 Å². The zero-order chi connectivity index (χ0) is 19.5. The molecule has 0 aromatic rings. The Morgan fingerprint density at radius 3 is 2.04 bits per heavy atom. The van der Waals surface area contributed by atoms with Gasteiger partial charge in [-0.1, -0.05) is 6.42 Å². The van der Waals surface area contributed by atoms with Crippen LogP contribution in [0, 0.1) is 5.41 Å². The van der Waals surface area contributed by atoms with Crippen molar-refractivity contribution < 1.29 is 23.1 Å². The zero-order valence-corrected chi connectivity index (χ0v) is 15.9. The fourth-order valence-electron chi connectivity index (χ4n) is 5.13. The van der Waals surface area contributed by atoms with Crippen LogP contribution < -0.4 is 10.6 Å². The first kappa shape index (κ1) is 20.9. The summed E-state index contributed by atoms with van der Waals surface area (Å²) >= 11 is 0. The second kappa shape index (κ2) is 8.66. The normalized spacial score (nSPS) is 33.4. The average Bonchev–Trinajstić information content (AvgIpc) is 2.58. The van der Waals surface area contributed by atoms with Crippen LogP contribution in [-0.4, -0.2) is 66.5 Å². The minimum absolute atomic E-state index is 0.773. The summed E-state index contributed by atoms with van der Waals surface area (Å²) in [7, 11) is 0. The smallest absolute Gasteiger partial charge is 0.475 e. The lowest BCUT2D eigenvalue weighted by Gasteiger charge is -2.57. The monoisotopic (exact) mass is 391 g/mol. The van der Waals surface area contributed by atoms with Gasteiger partial charge in [-0.05, 0) is 56.8 Å². The molecule has 0 aromatic heterocycles. The molecule has 1 saturated heterocycles. The van der Waals surface area contributed by atoms with Gasteiger partial charge in [-0.3, -0.25) is 4.90 Å². The molecule has 1 aliphatic heterocycles. The third-order valence-electron chi connectivity index (χ3n) is 7.06. The van der Waals surface area contributed by atoms with Gasteiger partial charge in [0, 0.05) is 44.3 Å². The van der Waals surface area contributed by atoms with Crippen molar-refractivity contribution in [3.8, 4) is 0 Å². The van der Waals surface area contributed by atoms with Crippen molar-refractivity contribution >= 4 is 5.97 Å². The Morgan fingerprint density at radius 2 is 1.63 bits per heavy atom. The number of rotatable bonds is 3. The van der Waals surface area contributed by atoms with Crippen LogP contribution in [0.4, 0.5) is 13.2 Å². The lowest BCUT2D eigenvalue weighted by molar-refractivity contribution is -0.192. The molecule has 8 heteroatoms. The third kappa shape index (κ3) is 5.15. The fourth-order valence-corrected chi connectivity index (χ4v) is 5.13. The topological polar surface area (TPSA) is 64.6 Å². The van der Waals surface area contributed by atoms with Crippen LogP contribution in [0.5, 0.6) is 0 Å². The molecule has 3 N–H and O–H groups in total. The van der Waals surface area contributed by atoms with Crippen LogP contribution in [0.25, 0.3) is 0 Å². The summed E-state index contributed by atoms with van der Waals surface area (Å²) in [5, 5.41) is 14.6. The number of nitrogens with zero attached hydrogens (tertiary/aromatic N) is 1. The highest BCUT2D eigenvalue weighted by Crippen LogP contribution is 2.56. The van der Waals surface area contributed by atoms with E-state index in [1.54, 1.807) is 0 Å². The van der Waals surface area contributed by atoms with E-state index in [-0.39, 0.29) is 0 Å². The second-order valence-electron chi connectivity index (χ2n) is 8.57. The maximum Gasteiger partial charge on any atom is 0.490 e. The highest BCUT2D eigenvalue weighted by Gasteiger charge is 2.50. The number of alkyl halides is 3. The molecule has 4 fully saturated rings. The van der Waals surface area contributed by atoms with Crippen LogP contribution in [0.3, 0.4) is 0 Å². The molecule has 1 spiro atoms. The summed E-state index contributed by atoms with van der Waals surface area (Å²) in [5.41, 5.74) is 0.773. The van der Waals surface area contributed by atoms with Crippen LogP contribution >= 0.6 is 0 Å². The van der Waals surface area contributed by atoms with E-state index in [1.807, 2.05) is 0 Å². The fraction of sp³-hybridized carbons (Fsp3) is 0.947. The van der Waals surface area contributed by atoms with E-state index < -0.39 is 12.1 Å². The van der Waals surface area contributed by atoms with Gasteiger partial charge in [0.1, 0.15) is 0 Å². The molecule has 4 aliphatic rings. The van der Waals surface area contributed by atoms with Gasteiger partial charge >= 0.3 is 12.1 Å². The van der Waals surface area contributed by atoms with Gasteiger partial charge in [0.05, 0.1) is 0 Å². The number of carboxylic acid groups (broad SMARTS) is 1. The predicted molar refractivity (Wildman–Crippen MR) is 96.6 cm³/mol. The van der Waals surface area contributed by atoms with Crippen LogP contribution in [0.15, 0.2) is 0 Å². The van der Waals surface area contributed by atoms with Crippen molar-refractivity contribution in [3.05, 3.63) is 0 Å². The molecule has 0 aromatic carbocycles. The Morgan fingerprint density at radius 1 is 1.04 bits per heavy atom. The van der Waals surface area contributed by atoms with Crippen molar-refractivity contribution in [1.29, 1.82) is 0 Å². The third-order valence-corrected chi connectivity index (χ3v) is 7.06. The molecule has 0 radical (unpaired) electrons. The summed E-state index contributed by atoms with van der Waals surface area (Å²) < 4.78 is 31.7. The molecule has 1 atom stereocenters. The van der Waals surface area contributed by atoms with E-state index in [1.165, 1.54) is 84.0 Å². The van der Waals surface area contributed by atoms with Crippen molar-refractivity contribution in [2.75, 3.05) is 26.2 Å². The maximum atomic E-state index is 10.6. The Hall–Kier alpha value is -0.860. The summed E-state index contributed by atoms with van der Waals surface area (Å²) in [6.45, 7) is 4.94. The predicted octanol–water partition coefficient (Wildman–Crippen LogP) is 2.76. The van der Waals surface area contributed by atoms with E-state index in [2.05, 4.69) is 15.5 Å². The number of carbonyl (C=O) groups is 1. The summed E-state index contributed by atoms with van der Waals surface area (Å²) in [4.78, 5) is 11.6. The SMILES string of the molecule is C1CC2(C1)CCC2NC1CCC(N2CCNCC2)CC1.O=C(O)C(F)(F)F. The average molecular weight is 391 g/mol. The zero-order valence-electron chi connectivity index (χ0n) is 15.9. The van der Waals surface area contributed by atoms with Gasteiger partial charge in [-0.2, -0.15) is 13.2 Å². The number of nitrogens with one attached hydrogen (secondary N) is 2. The minimum atomic E-state index is -5.08. The van der Waals surface area contributed by atoms with Crippen LogP contribution in [-0.2, 0) is 4.79 Å². The number of piperazine rings is 1. The van der Waals surface area contributed by atoms with Gasteiger partial charge in [0.25, 0.3) is 0 Å². The maximum absolute atomic E-state index is 10.6. The molecule has 5 nitrogen and oxygen atoms in total. The van der Waals surface area contributed by atoms with Gasteiger partial charge in [0.2, 0.25) is 0 Å². The van der Waals surface area contributed by atoms with Gasteiger partial charge < -0.3 is 15.7 Å². The van der Waals surface area contributed by atoms with Crippen molar-refractivity contribution in [2.24, 2.45) is 5.41 Å². The first-order chi connectivity index (χ1) is 12.8. The first-order valence-corrected chi connectivity index (χ1v) is 10.3. The Bertz CT molecular complexity index is 491. The number of hydrogen-bond donors (Lipinski definition) is 3. The van der Waals surface area contributed by atoms with Crippen LogP contribution in [0.2, 0.25) is 0 Å². The first-order valence-electron chi connectivity index (χ1n) is 10.3.